The molecule has 0 aliphatic carbocycles. The highest BCUT2D eigenvalue weighted by molar-refractivity contribution is 6.30. The van der Waals surface area contributed by atoms with Crippen LogP contribution in [0.25, 0.3) is 5.69 Å². The third kappa shape index (κ3) is 5.83. The van der Waals surface area contributed by atoms with Crippen molar-refractivity contribution in [1.82, 2.24) is 24.8 Å². The number of Topliss-reactive ketones (excluding diaryl/α,β-unsaturated/α-hetero) is 1. The van der Waals surface area contributed by atoms with E-state index in [1.54, 1.807) is 18.2 Å². The zero-order valence-corrected chi connectivity index (χ0v) is 27.6. The monoisotopic (exact) mass is 684 g/mol. The van der Waals surface area contributed by atoms with Crippen molar-refractivity contribution in [2.24, 2.45) is 5.41 Å². The lowest BCUT2D eigenvalue weighted by Gasteiger charge is -2.42. The maximum absolute atomic E-state index is 14.8. The van der Waals surface area contributed by atoms with Crippen LogP contribution in [0.15, 0.2) is 66.9 Å². The Bertz CT molecular complexity index is 1970. The molecule has 49 heavy (non-hydrogen) atoms. The highest BCUT2D eigenvalue weighted by Gasteiger charge is 2.47. The lowest BCUT2D eigenvalue weighted by atomic mass is 9.76. The predicted molar refractivity (Wildman–Crippen MR) is 178 cm³/mol. The Labute approximate surface area is 286 Å². The van der Waals surface area contributed by atoms with Crippen LogP contribution in [-0.4, -0.2) is 86.7 Å². The number of likely N-dealkylation sites (tertiary alicyclic amines) is 1. The fourth-order valence-electron chi connectivity index (χ4n) is 7.51. The zero-order chi connectivity index (χ0) is 34.4. The summed E-state index contributed by atoms with van der Waals surface area (Å²) in [4.78, 5) is 58.3. The molecule has 1 atom stereocenters. The summed E-state index contributed by atoms with van der Waals surface area (Å²) in [6, 6.07) is 15.4. The van der Waals surface area contributed by atoms with Crippen LogP contribution >= 0.6 is 11.6 Å². The third-order valence-corrected chi connectivity index (χ3v) is 10.5. The van der Waals surface area contributed by atoms with Crippen LogP contribution in [0.1, 0.15) is 62.8 Å². The number of hydrogen-bond acceptors (Lipinski definition) is 7. The van der Waals surface area contributed by atoms with Gasteiger partial charge in [-0.25, -0.2) is 13.9 Å². The average molecular weight is 685 g/mol. The van der Waals surface area contributed by atoms with Crippen LogP contribution in [0, 0.1) is 11.2 Å². The predicted octanol–water partition coefficient (Wildman–Crippen LogP) is 4.76. The molecule has 2 saturated heterocycles. The van der Waals surface area contributed by atoms with Crippen LogP contribution in [0.5, 0.6) is 0 Å². The maximum atomic E-state index is 14.8. The highest BCUT2D eigenvalue weighted by atomic mass is 35.5. The second kappa shape index (κ2) is 12.7. The number of halogens is 2. The van der Waals surface area contributed by atoms with Crippen molar-refractivity contribution < 1.29 is 28.7 Å². The van der Waals surface area contributed by atoms with Gasteiger partial charge in [0.1, 0.15) is 11.7 Å². The molecule has 11 nitrogen and oxygen atoms in total. The number of carbonyl (C=O) groups excluding carboxylic acids is 3. The minimum atomic E-state index is -1.07. The Morgan fingerprint density at radius 2 is 1.65 bits per heavy atom. The standard InChI is InChI=1S/C36H34ClFN6O5/c1-41-17-13-36(35(41)49)14-18-42(19-15-36)28-6-2-4-25-24(28)12-16-43(32(25)30(45)20-22-8-10-23(11-9-22)34(47)48)33(46)27-21-44(40-39-27)29-7-3-5-26(37)31(29)38/h2-11,21,32H,12-20H2,1H3,(H,47,48). The molecule has 2 fully saturated rings. The van der Waals surface area contributed by atoms with Crippen LogP contribution in [0.3, 0.4) is 0 Å². The second-order valence-corrected chi connectivity index (χ2v) is 13.4. The quantitative estimate of drug-likeness (QED) is 0.295. The number of aromatic nitrogens is 3. The first-order valence-electron chi connectivity index (χ1n) is 16.2. The van der Waals surface area contributed by atoms with Gasteiger partial charge in [-0.1, -0.05) is 47.1 Å². The molecule has 4 heterocycles. The summed E-state index contributed by atoms with van der Waals surface area (Å²) in [6.07, 6.45) is 4.12. The van der Waals surface area contributed by atoms with Crippen molar-refractivity contribution in [3.05, 3.63) is 106 Å². The highest BCUT2D eigenvalue weighted by Crippen LogP contribution is 2.44. The number of nitrogens with zero attached hydrogens (tertiary/aromatic N) is 6. The van der Waals surface area contributed by atoms with Gasteiger partial charge in [-0.05, 0) is 72.7 Å². The largest absolute Gasteiger partial charge is 0.478 e. The van der Waals surface area contributed by atoms with Crippen LogP contribution in [0.4, 0.5) is 10.1 Å². The maximum Gasteiger partial charge on any atom is 0.335 e. The topological polar surface area (TPSA) is 129 Å². The van der Waals surface area contributed by atoms with Crippen LogP contribution < -0.4 is 4.90 Å². The molecule has 3 aliphatic rings. The Balaban J connectivity index is 1.21. The van der Waals surface area contributed by atoms with Gasteiger partial charge < -0.3 is 19.8 Å². The van der Waals surface area contributed by atoms with Crippen LogP contribution in [0.2, 0.25) is 5.02 Å². The average Bonchev–Trinajstić information content (AvgIpc) is 3.70. The summed E-state index contributed by atoms with van der Waals surface area (Å²) in [5, 5.41) is 17.2. The number of anilines is 1. The first-order chi connectivity index (χ1) is 23.6. The van der Waals surface area contributed by atoms with Crippen molar-refractivity contribution in [2.45, 2.75) is 38.1 Å². The van der Waals surface area contributed by atoms with Gasteiger partial charge in [0.05, 0.1) is 22.2 Å². The van der Waals surface area contributed by atoms with E-state index in [4.69, 9.17) is 11.6 Å². The van der Waals surface area contributed by atoms with Crippen molar-refractivity contribution in [3.8, 4) is 5.69 Å². The molecule has 0 saturated carbocycles. The van der Waals surface area contributed by atoms with E-state index in [1.807, 2.05) is 30.1 Å². The van der Waals surface area contributed by atoms with Gasteiger partial charge in [-0.3, -0.25) is 14.4 Å². The summed E-state index contributed by atoms with van der Waals surface area (Å²) in [7, 11) is 1.86. The lowest BCUT2D eigenvalue weighted by Crippen LogP contribution is -2.46. The number of piperidine rings is 1. The number of aromatic carboxylic acids is 1. The molecule has 1 aromatic heterocycles. The molecular formula is C36H34ClFN6O5. The lowest BCUT2D eigenvalue weighted by molar-refractivity contribution is -0.136. The van der Waals surface area contributed by atoms with Crippen LogP contribution in [-0.2, 0) is 22.4 Å². The molecular weight excluding hydrogens is 651 g/mol. The number of rotatable bonds is 7. The first kappa shape index (κ1) is 32.4. The summed E-state index contributed by atoms with van der Waals surface area (Å²) >= 11 is 5.96. The van der Waals surface area contributed by atoms with E-state index in [0.29, 0.717) is 30.6 Å². The number of carbonyl (C=O) groups is 4. The number of ketones is 1. The number of amides is 2. The van der Waals surface area contributed by atoms with Gasteiger partial charge in [0.2, 0.25) is 5.91 Å². The van der Waals surface area contributed by atoms with Gasteiger partial charge in [-0.2, -0.15) is 0 Å². The molecule has 2 amide bonds. The molecule has 0 radical (unpaired) electrons. The zero-order valence-electron chi connectivity index (χ0n) is 26.8. The van der Waals surface area contributed by atoms with E-state index in [1.165, 1.54) is 35.4 Å². The first-order valence-corrected chi connectivity index (χ1v) is 16.6. The Kier molecular flexibility index (Phi) is 8.43. The molecule has 0 bridgehead atoms. The number of carboxylic acid groups (broad SMARTS) is 1. The molecule has 13 heteroatoms. The van der Waals surface area contributed by atoms with E-state index in [-0.39, 0.29) is 52.0 Å². The minimum Gasteiger partial charge on any atom is -0.478 e. The minimum absolute atomic E-state index is 0.0272. The number of fused-ring (bicyclic) bond motifs is 1. The van der Waals surface area contributed by atoms with E-state index >= 15 is 0 Å². The smallest absolute Gasteiger partial charge is 0.335 e. The van der Waals surface area contributed by atoms with E-state index in [2.05, 4.69) is 15.2 Å². The van der Waals surface area contributed by atoms with Crippen molar-refractivity contribution in [1.29, 1.82) is 0 Å². The van der Waals surface area contributed by atoms with Gasteiger partial charge in [-0.15, -0.1) is 5.10 Å². The number of hydrogen-bond donors (Lipinski definition) is 1. The third-order valence-electron chi connectivity index (χ3n) is 10.2. The van der Waals surface area contributed by atoms with Gasteiger partial charge >= 0.3 is 5.97 Å². The Hall–Kier alpha value is -5.10. The molecule has 7 rings (SSSR count). The molecule has 1 spiro atoms. The molecule has 3 aromatic carbocycles. The molecule has 4 aromatic rings. The number of carboxylic acids is 1. The van der Waals surface area contributed by atoms with Crippen molar-refractivity contribution in [2.75, 3.05) is 38.1 Å². The Morgan fingerprint density at radius 3 is 2.35 bits per heavy atom. The Morgan fingerprint density at radius 1 is 0.959 bits per heavy atom. The normalized spacial score (nSPS) is 18.6. The SMILES string of the molecule is CN1CCC2(CCN(c3cccc4c3CCN(C(=O)c3cn(-c5cccc(Cl)c5F)nn3)C4C(=O)Cc3ccc(C(=O)O)cc3)CC2)C1=O. The van der Waals surface area contributed by atoms with E-state index in [0.717, 1.165) is 41.7 Å². The van der Waals surface area contributed by atoms with Gasteiger partial charge in [0.15, 0.2) is 17.3 Å². The molecule has 252 valence electrons. The summed E-state index contributed by atoms with van der Waals surface area (Å²) in [5.74, 6) is -2.34. The summed E-state index contributed by atoms with van der Waals surface area (Å²) in [6.45, 7) is 2.40. The summed E-state index contributed by atoms with van der Waals surface area (Å²) < 4.78 is 15.9. The molecule has 3 aliphatic heterocycles. The molecule has 1 N–H and O–H groups in total. The number of benzene rings is 3. The summed E-state index contributed by atoms with van der Waals surface area (Å²) in [5.41, 5.74) is 3.04. The second-order valence-electron chi connectivity index (χ2n) is 13.0. The van der Waals surface area contributed by atoms with Gasteiger partial charge in [0, 0.05) is 45.3 Å². The molecule has 1 unspecified atom stereocenters. The van der Waals surface area contributed by atoms with Crippen molar-refractivity contribution >= 4 is 40.9 Å². The van der Waals surface area contributed by atoms with E-state index in [9.17, 15) is 28.7 Å². The van der Waals surface area contributed by atoms with Crippen molar-refractivity contribution in [3.63, 3.8) is 0 Å². The fourth-order valence-corrected chi connectivity index (χ4v) is 7.68. The van der Waals surface area contributed by atoms with E-state index < -0.39 is 23.7 Å². The van der Waals surface area contributed by atoms with Gasteiger partial charge in [0.25, 0.3) is 5.91 Å². The fraction of sp³-hybridized carbons (Fsp3) is 0.333.